The first-order valence-electron chi connectivity index (χ1n) is 11.3. The Kier molecular flexibility index (Phi) is 9.06. The molecular weight excluding hydrogens is 448 g/mol. The number of Topliss-reactive ketones (excluding diaryl/α,β-unsaturated/α-hetero) is 1. The van der Waals surface area contributed by atoms with Crippen LogP contribution in [0.2, 0.25) is 0 Å². The van der Waals surface area contributed by atoms with Crippen LogP contribution in [0.4, 0.5) is 0 Å². The van der Waals surface area contributed by atoms with E-state index >= 15 is 0 Å². The number of hydrogen-bond acceptors (Lipinski definition) is 6. The molecule has 0 fully saturated rings. The van der Waals surface area contributed by atoms with Gasteiger partial charge in [-0.3, -0.25) is 14.4 Å². The van der Waals surface area contributed by atoms with Crippen molar-refractivity contribution in [3.05, 3.63) is 83.2 Å². The third-order valence-corrected chi connectivity index (χ3v) is 5.56. The SMILES string of the molecule is COc1ccc(CCn2c(C)cc(C(=O)COC(=O)CNC(=O)COc3ccccc3)c2C)cc1. The number of benzene rings is 2. The van der Waals surface area contributed by atoms with Gasteiger partial charge in [-0.1, -0.05) is 30.3 Å². The van der Waals surface area contributed by atoms with Crippen LogP contribution < -0.4 is 14.8 Å². The summed E-state index contributed by atoms with van der Waals surface area (Å²) in [6.07, 6.45) is 0.802. The summed E-state index contributed by atoms with van der Waals surface area (Å²) in [5.74, 6) is -0.0832. The van der Waals surface area contributed by atoms with Crippen molar-refractivity contribution in [3.63, 3.8) is 0 Å². The second kappa shape index (κ2) is 12.4. The molecule has 0 saturated carbocycles. The van der Waals surface area contributed by atoms with E-state index in [2.05, 4.69) is 9.88 Å². The molecule has 1 amide bonds. The van der Waals surface area contributed by atoms with E-state index in [0.29, 0.717) is 17.9 Å². The maximum Gasteiger partial charge on any atom is 0.325 e. The fraction of sp³-hybridized carbons (Fsp3) is 0.296. The second-order valence-electron chi connectivity index (χ2n) is 8.00. The Balaban J connectivity index is 1.44. The Labute approximate surface area is 204 Å². The van der Waals surface area contributed by atoms with E-state index in [9.17, 15) is 14.4 Å². The summed E-state index contributed by atoms with van der Waals surface area (Å²) in [5.41, 5.74) is 3.46. The number of aryl methyl sites for hydroxylation is 2. The highest BCUT2D eigenvalue weighted by Gasteiger charge is 2.18. The number of ether oxygens (including phenoxy) is 3. The van der Waals surface area contributed by atoms with Crippen molar-refractivity contribution in [3.8, 4) is 11.5 Å². The van der Waals surface area contributed by atoms with Crippen molar-refractivity contribution < 1.29 is 28.6 Å². The molecule has 0 bridgehead atoms. The number of rotatable bonds is 12. The van der Waals surface area contributed by atoms with E-state index in [4.69, 9.17) is 14.2 Å². The first-order chi connectivity index (χ1) is 16.9. The maximum absolute atomic E-state index is 12.7. The predicted octanol–water partition coefficient (Wildman–Crippen LogP) is 3.28. The maximum atomic E-state index is 12.7. The summed E-state index contributed by atoms with van der Waals surface area (Å²) < 4.78 is 17.6. The number of amides is 1. The molecule has 0 spiro atoms. The number of ketones is 1. The predicted molar refractivity (Wildman–Crippen MR) is 131 cm³/mol. The average Bonchev–Trinajstić information content (AvgIpc) is 3.17. The van der Waals surface area contributed by atoms with Crippen LogP contribution >= 0.6 is 0 Å². The molecular formula is C27H30N2O6. The summed E-state index contributed by atoms with van der Waals surface area (Å²) in [6, 6.07) is 18.6. The number of nitrogens with zero attached hydrogens (tertiary/aromatic N) is 1. The van der Waals surface area contributed by atoms with Crippen molar-refractivity contribution >= 4 is 17.7 Å². The Morgan fingerprint density at radius 2 is 1.63 bits per heavy atom. The number of hydrogen-bond donors (Lipinski definition) is 1. The van der Waals surface area contributed by atoms with Crippen molar-refractivity contribution in [2.24, 2.45) is 0 Å². The average molecular weight is 479 g/mol. The van der Waals surface area contributed by atoms with Gasteiger partial charge in [-0.15, -0.1) is 0 Å². The van der Waals surface area contributed by atoms with Gasteiger partial charge in [0.05, 0.1) is 7.11 Å². The summed E-state index contributed by atoms with van der Waals surface area (Å²) in [6.45, 7) is 3.58. The minimum atomic E-state index is -0.695. The zero-order valence-electron chi connectivity index (χ0n) is 20.2. The molecule has 3 aromatic rings. The van der Waals surface area contributed by atoms with Gasteiger partial charge < -0.3 is 24.1 Å². The molecule has 0 atom stereocenters. The van der Waals surface area contributed by atoms with Crippen LogP contribution in [0.5, 0.6) is 11.5 Å². The number of para-hydroxylation sites is 1. The first-order valence-corrected chi connectivity index (χ1v) is 11.3. The van der Waals surface area contributed by atoms with Crippen LogP contribution in [0.1, 0.15) is 27.3 Å². The van der Waals surface area contributed by atoms with E-state index in [1.54, 1.807) is 31.4 Å². The van der Waals surface area contributed by atoms with Crippen LogP contribution in [0, 0.1) is 13.8 Å². The number of esters is 1. The fourth-order valence-corrected chi connectivity index (χ4v) is 3.62. The highest BCUT2D eigenvalue weighted by atomic mass is 16.5. The molecule has 0 radical (unpaired) electrons. The quantitative estimate of drug-likeness (QED) is 0.317. The largest absolute Gasteiger partial charge is 0.497 e. The highest BCUT2D eigenvalue weighted by molar-refractivity contribution is 5.99. The molecule has 0 aliphatic rings. The minimum absolute atomic E-state index is 0.223. The molecule has 8 nitrogen and oxygen atoms in total. The molecule has 1 aromatic heterocycles. The molecule has 0 unspecified atom stereocenters. The molecule has 8 heteroatoms. The van der Waals surface area contributed by atoms with Crippen LogP contribution in [0.15, 0.2) is 60.7 Å². The van der Waals surface area contributed by atoms with Gasteiger partial charge in [0, 0.05) is 23.5 Å². The van der Waals surface area contributed by atoms with Crippen molar-refractivity contribution in [1.29, 1.82) is 0 Å². The zero-order chi connectivity index (χ0) is 25.2. The van der Waals surface area contributed by atoms with Crippen molar-refractivity contribution in [2.75, 3.05) is 26.9 Å². The third-order valence-electron chi connectivity index (χ3n) is 5.56. The standard InChI is InChI=1S/C27H30N2O6/c1-19-15-24(20(2)29(19)14-13-21-9-11-22(33-3)12-10-21)25(30)17-35-27(32)16-28-26(31)18-34-23-7-5-4-6-8-23/h4-12,15H,13-14,16-18H2,1-3H3,(H,28,31). The lowest BCUT2D eigenvalue weighted by Gasteiger charge is -2.11. The Bertz CT molecular complexity index is 1150. The summed E-state index contributed by atoms with van der Waals surface area (Å²) >= 11 is 0. The van der Waals surface area contributed by atoms with Crippen LogP contribution in [-0.2, 0) is 27.3 Å². The van der Waals surface area contributed by atoms with Crippen LogP contribution in [0.3, 0.4) is 0 Å². The van der Waals surface area contributed by atoms with E-state index in [0.717, 1.165) is 29.1 Å². The van der Waals surface area contributed by atoms with E-state index < -0.39 is 18.5 Å². The number of methoxy groups -OCH3 is 1. The Morgan fingerprint density at radius 1 is 0.914 bits per heavy atom. The van der Waals surface area contributed by atoms with Gasteiger partial charge in [-0.2, -0.15) is 0 Å². The second-order valence-corrected chi connectivity index (χ2v) is 8.00. The molecule has 0 saturated heterocycles. The molecule has 1 heterocycles. The van der Waals surface area contributed by atoms with Gasteiger partial charge in [0.25, 0.3) is 5.91 Å². The number of nitrogens with one attached hydrogen (secondary N) is 1. The van der Waals surface area contributed by atoms with E-state index in [1.807, 2.05) is 50.2 Å². The number of carbonyl (C=O) groups excluding carboxylic acids is 3. The number of carbonyl (C=O) groups is 3. The van der Waals surface area contributed by atoms with Gasteiger partial charge in [-0.05, 0) is 56.2 Å². The van der Waals surface area contributed by atoms with E-state index in [1.165, 1.54) is 0 Å². The molecule has 3 rings (SSSR count). The summed E-state index contributed by atoms with van der Waals surface area (Å²) in [5, 5.41) is 2.42. The summed E-state index contributed by atoms with van der Waals surface area (Å²) in [7, 11) is 1.63. The van der Waals surface area contributed by atoms with Gasteiger partial charge in [0.2, 0.25) is 5.78 Å². The Hall–Kier alpha value is -4.07. The van der Waals surface area contributed by atoms with Crippen molar-refractivity contribution in [1.82, 2.24) is 9.88 Å². The van der Waals surface area contributed by atoms with Crippen molar-refractivity contribution in [2.45, 2.75) is 26.8 Å². The van der Waals surface area contributed by atoms with Crippen LogP contribution in [0.25, 0.3) is 0 Å². The smallest absolute Gasteiger partial charge is 0.325 e. The lowest BCUT2D eigenvalue weighted by molar-refractivity contribution is -0.143. The molecule has 2 aromatic carbocycles. The monoisotopic (exact) mass is 478 g/mol. The molecule has 35 heavy (non-hydrogen) atoms. The topological polar surface area (TPSA) is 95.9 Å². The molecule has 0 aliphatic carbocycles. The molecule has 0 aliphatic heterocycles. The van der Waals surface area contributed by atoms with Crippen LogP contribution in [-0.4, -0.2) is 49.1 Å². The minimum Gasteiger partial charge on any atom is -0.497 e. The van der Waals surface area contributed by atoms with Gasteiger partial charge >= 0.3 is 5.97 Å². The molecule has 1 N–H and O–H groups in total. The summed E-state index contributed by atoms with van der Waals surface area (Å²) in [4.78, 5) is 36.5. The highest BCUT2D eigenvalue weighted by Crippen LogP contribution is 2.18. The first kappa shape index (κ1) is 25.6. The normalized spacial score (nSPS) is 10.5. The lowest BCUT2D eigenvalue weighted by Crippen LogP contribution is -2.34. The van der Waals surface area contributed by atoms with Gasteiger partial charge in [0.1, 0.15) is 18.0 Å². The Morgan fingerprint density at radius 3 is 2.31 bits per heavy atom. The van der Waals surface area contributed by atoms with Gasteiger partial charge in [-0.25, -0.2) is 0 Å². The fourth-order valence-electron chi connectivity index (χ4n) is 3.62. The van der Waals surface area contributed by atoms with E-state index in [-0.39, 0.29) is 18.9 Å². The third kappa shape index (κ3) is 7.46. The zero-order valence-corrected chi connectivity index (χ0v) is 20.2. The molecule has 184 valence electrons. The van der Waals surface area contributed by atoms with Gasteiger partial charge in [0.15, 0.2) is 13.2 Å². The lowest BCUT2D eigenvalue weighted by atomic mass is 10.1. The number of aromatic nitrogens is 1.